The minimum atomic E-state index is -0.871. The molecule has 29 heavy (non-hydrogen) atoms. The summed E-state index contributed by atoms with van der Waals surface area (Å²) in [6, 6.07) is 4.75. The molecule has 9 heteroatoms. The van der Waals surface area contributed by atoms with Gasteiger partial charge in [-0.05, 0) is 42.9 Å². The van der Waals surface area contributed by atoms with E-state index in [-0.39, 0.29) is 17.8 Å². The van der Waals surface area contributed by atoms with Crippen LogP contribution in [0.4, 0.5) is 14.9 Å². The minimum absolute atomic E-state index is 0.0443. The van der Waals surface area contributed by atoms with Gasteiger partial charge in [-0.15, -0.1) is 11.3 Å². The van der Waals surface area contributed by atoms with Gasteiger partial charge in [0.15, 0.2) is 0 Å². The van der Waals surface area contributed by atoms with Crippen LogP contribution in [0, 0.1) is 11.7 Å². The van der Waals surface area contributed by atoms with Gasteiger partial charge in [0, 0.05) is 4.88 Å². The molecule has 1 aromatic carbocycles. The van der Waals surface area contributed by atoms with E-state index in [2.05, 4.69) is 22.5 Å². The van der Waals surface area contributed by atoms with Gasteiger partial charge in [-0.1, -0.05) is 19.1 Å². The number of hydrogen-bond acceptors (Lipinski definition) is 5. The summed E-state index contributed by atoms with van der Waals surface area (Å²) in [7, 11) is 0. The number of amides is 3. The molecule has 2 aromatic heterocycles. The molecule has 1 atom stereocenters. The molecule has 0 unspecified atom stereocenters. The van der Waals surface area contributed by atoms with Gasteiger partial charge in [-0.2, -0.15) is 0 Å². The first kappa shape index (κ1) is 19.3. The van der Waals surface area contributed by atoms with Crippen molar-refractivity contribution in [3.05, 3.63) is 57.2 Å². The number of halogens is 1. The van der Waals surface area contributed by atoms with Crippen LogP contribution in [0.3, 0.4) is 0 Å². The van der Waals surface area contributed by atoms with Crippen molar-refractivity contribution in [2.45, 2.75) is 32.7 Å². The van der Waals surface area contributed by atoms with Gasteiger partial charge in [-0.3, -0.25) is 19.5 Å². The fraction of sp³-hybridized carbons (Fsp3) is 0.300. The number of fused-ring (bicyclic) bond motifs is 3. The number of benzene rings is 1. The Hall–Kier alpha value is -3.07. The Balaban J connectivity index is 1.50. The lowest BCUT2D eigenvalue weighted by Gasteiger charge is -2.17. The Morgan fingerprint density at radius 3 is 2.93 bits per heavy atom. The third-order valence-electron chi connectivity index (χ3n) is 4.97. The van der Waals surface area contributed by atoms with Crippen molar-refractivity contribution >= 4 is 39.2 Å². The summed E-state index contributed by atoms with van der Waals surface area (Å²) < 4.78 is 14.8. The summed E-state index contributed by atoms with van der Waals surface area (Å²) in [6.45, 7) is 1.84. The Morgan fingerprint density at radius 2 is 2.14 bits per heavy atom. The van der Waals surface area contributed by atoms with Crippen molar-refractivity contribution < 1.29 is 14.0 Å². The first-order chi connectivity index (χ1) is 13.9. The molecule has 3 amide bonds. The molecule has 0 bridgehead atoms. The zero-order valence-electron chi connectivity index (χ0n) is 15.7. The highest BCUT2D eigenvalue weighted by atomic mass is 32.1. The van der Waals surface area contributed by atoms with Crippen LogP contribution in [0.2, 0.25) is 0 Å². The number of urea groups is 1. The van der Waals surface area contributed by atoms with Crippen molar-refractivity contribution in [1.29, 1.82) is 0 Å². The maximum Gasteiger partial charge on any atom is 0.326 e. The number of hydrogen-bond donors (Lipinski definition) is 2. The SMILES string of the molecule is C[C@@H]1CCc2c(sc3ncn(CC(=O)NC(=O)Nc4ccccc4F)c(=O)c23)C1. The minimum Gasteiger partial charge on any atom is -0.305 e. The molecule has 3 aromatic rings. The molecular formula is C20H19FN4O3S. The van der Waals surface area contributed by atoms with E-state index >= 15 is 0 Å². The first-order valence-electron chi connectivity index (χ1n) is 9.27. The van der Waals surface area contributed by atoms with E-state index in [1.54, 1.807) is 6.07 Å². The van der Waals surface area contributed by atoms with Crippen molar-refractivity contribution in [3.63, 3.8) is 0 Å². The average molecular weight is 414 g/mol. The molecule has 0 saturated heterocycles. The van der Waals surface area contributed by atoms with E-state index in [0.29, 0.717) is 16.1 Å². The summed E-state index contributed by atoms with van der Waals surface area (Å²) >= 11 is 1.53. The van der Waals surface area contributed by atoms with E-state index in [0.717, 1.165) is 24.8 Å². The zero-order valence-corrected chi connectivity index (χ0v) is 16.5. The van der Waals surface area contributed by atoms with Gasteiger partial charge in [-0.25, -0.2) is 14.2 Å². The average Bonchev–Trinajstić information content (AvgIpc) is 3.04. The molecule has 0 aliphatic heterocycles. The molecule has 0 saturated carbocycles. The fourth-order valence-corrected chi connectivity index (χ4v) is 4.86. The Bertz CT molecular complexity index is 1170. The summed E-state index contributed by atoms with van der Waals surface area (Å²) in [4.78, 5) is 43.2. The highest BCUT2D eigenvalue weighted by molar-refractivity contribution is 7.18. The lowest BCUT2D eigenvalue weighted by Crippen LogP contribution is -2.38. The monoisotopic (exact) mass is 414 g/mol. The van der Waals surface area contributed by atoms with Crippen LogP contribution in [-0.4, -0.2) is 21.5 Å². The third kappa shape index (κ3) is 3.91. The molecule has 7 nitrogen and oxygen atoms in total. The summed E-state index contributed by atoms with van der Waals surface area (Å²) in [5, 5.41) is 4.94. The number of aromatic nitrogens is 2. The van der Waals surface area contributed by atoms with Gasteiger partial charge >= 0.3 is 6.03 Å². The Kier molecular flexibility index (Phi) is 5.14. The molecule has 150 valence electrons. The topological polar surface area (TPSA) is 93.1 Å². The number of rotatable bonds is 3. The van der Waals surface area contributed by atoms with Crippen molar-refractivity contribution in [2.75, 3.05) is 5.32 Å². The standard InChI is InChI=1S/C20H19FN4O3S/c1-11-6-7-12-15(8-11)29-18-17(12)19(27)25(10-22-18)9-16(26)24-20(28)23-14-5-3-2-4-13(14)21/h2-5,10-11H,6-9H2,1H3,(H2,23,24,26,28)/t11-/m1/s1. The number of aryl methyl sites for hydroxylation is 1. The maximum atomic E-state index is 13.6. The number of nitrogens with one attached hydrogen (secondary N) is 2. The number of para-hydroxylation sites is 1. The largest absolute Gasteiger partial charge is 0.326 e. The second-order valence-corrected chi connectivity index (χ2v) is 8.28. The summed E-state index contributed by atoms with van der Waals surface area (Å²) in [6.07, 6.45) is 4.11. The van der Waals surface area contributed by atoms with Crippen LogP contribution in [0.1, 0.15) is 23.8 Å². The third-order valence-corrected chi connectivity index (χ3v) is 6.13. The van der Waals surface area contributed by atoms with Crippen LogP contribution < -0.4 is 16.2 Å². The predicted molar refractivity (Wildman–Crippen MR) is 109 cm³/mol. The van der Waals surface area contributed by atoms with Crippen LogP contribution in [0.15, 0.2) is 35.4 Å². The lowest BCUT2D eigenvalue weighted by atomic mass is 9.89. The molecule has 0 radical (unpaired) electrons. The van der Waals surface area contributed by atoms with Gasteiger partial charge in [0.05, 0.1) is 17.4 Å². The van der Waals surface area contributed by atoms with Crippen LogP contribution in [0.5, 0.6) is 0 Å². The van der Waals surface area contributed by atoms with Crippen LogP contribution >= 0.6 is 11.3 Å². The number of anilines is 1. The smallest absolute Gasteiger partial charge is 0.305 e. The van der Waals surface area contributed by atoms with E-state index in [1.807, 2.05) is 0 Å². The molecule has 0 spiro atoms. The molecule has 0 fully saturated rings. The predicted octanol–water partition coefficient (Wildman–Crippen LogP) is 3.07. The first-order valence-corrected chi connectivity index (χ1v) is 10.1. The van der Waals surface area contributed by atoms with E-state index < -0.39 is 17.8 Å². The highest BCUT2D eigenvalue weighted by Gasteiger charge is 2.23. The van der Waals surface area contributed by atoms with Crippen LogP contribution in [0.25, 0.3) is 10.2 Å². The maximum absolute atomic E-state index is 13.6. The van der Waals surface area contributed by atoms with Crippen molar-refractivity contribution in [2.24, 2.45) is 5.92 Å². The van der Waals surface area contributed by atoms with Gasteiger partial charge in [0.2, 0.25) is 5.91 Å². The summed E-state index contributed by atoms with van der Waals surface area (Å²) in [5.74, 6) is -0.728. The number of imide groups is 1. The molecule has 2 heterocycles. The molecular weight excluding hydrogens is 395 g/mol. The highest BCUT2D eigenvalue weighted by Crippen LogP contribution is 2.35. The molecule has 1 aliphatic carbocycles. The van der Waals surface area contributed by atoms with Crippen molar-refractivity contribution in [3.8, 4) is 0 Å². The fourth-order valence-electron chi connectivity index (χ4n) is 3.52. The van der Waals surface area contributed by atoms with E-state index in [9.17, 15) is 18.8 Å². The zero-order chi connectivity index (χ0) is 20.5. The van der Waals surface area contributed by atoms with Crippen molar-refractivity contribution in [1.82, 2.24) is 14.9 Å². The lowest BCUT2D eigenvalue weighted by molar-refractivity contribution is -0.120. The molecule has 4 rings (SSSR count). The number of carbonyl (C=O) groups is 2. The number of thiophene rings is 1. The normalized spacial score (nSPS) is 15.7. The van der Waals surface area contributed by atoms with Gasteiger partial charge in [0.1, 0.15) is 17.2 Å². The second-order valence-electron chi connectivity index (χ2n) is 7.19. The molecule has 2 N–H and O–H groups in total. The van der Waals surface area contributed by atoms with E-state index in [1.165, 1.54) is 45.3 Å². The molecule has 1 aliphatic rings. The number of carbonyl (C=O) groups excluding carboxylic acids is 2. The quantitative estimate of drug-likeness (QED) is 0.689. The van der Waals surface area contributed by atoms with E-state index in [4.69, 9.17) is 0 Å². The second kappa shape index (κ2) is 7.75. The van der Waals surface area contributed by atoms with Gasteiger partial charge in [0.25, 0.3) is 5.56 Å². The van der Waals surface area contributed by atoms with Crippen LogP contribution in [-0.2, 0) is 24.2 Å². The van der Waals surface area contributed by atoms with Gasteiger partial charge < -0.3 is 5.32 Å². The Labute approximate surface area is 169 Å². The summed E-state index contributed by atoms with van der Waals surface area (Å²) in [5.41, 5.74) is 0.705. The number of nitrogens with zero attached hydrogens (tertiary/aromatic N) is 2. The Morgan fingerprint density at radius 1 is 1.34 bits per heavy atom.